The third kappa shape index (κ3) is 3.23. The van der Waals surface area contributed by atoms with Gasteiger partial charge in [-0.15, -0.1) is 0 Å². The van der Waals surface area contributed by atoms with Gasteiger partial charge in [0.15, 0.2) is 5.82 Å². The number of halogens is 1. The first-order valence-corrected chi connectivity index (χ1v) is 8.51. The maximum Gasteiger partial charge on any atom is 0.165 e. The quantitative estimate of drug-likeness (QED) is 0.635. The van der Waals surface area contributed by atoms with Gasteiger partial charge in [0.25, 0.3) is 0 Å². The van der Waals surface area contributed by atoms with Gasteiger partial charge in [-0.3, -0.25) is 0 Å². The molecule has 0 unspecified atom stereocenters. The van der Waals surface area contributed by atoms with Crippen molar-refractivity contribution in [3.05, 3.63) is 54.3 Å². The molecule has 124 valence electrons. The van der Waals surface area contributed by atoms with Crippen LogP contribution in [0.4, 0.5) is 10.2 Å². The molecule has 0 saturated heterocycles. The summed E-state index contributed by atoms with van der Waals surface area (Å²) in [5.74, 6) is 1.04. The average Bonchev–Trinajstić information content (AvgIpc) is 2.61. The number of nitrogens with zero attached hydrogens (tertiary/aromatic N) is 3. The Bertz CT molecular complexity index is 826. The summed E-state index contributed by atoms with van der Waals surface area (Å²) in [4.78, 5) is 11.6. The van der Waals surface area contributed by atoms with E-state index >= 15 is 0 Å². The zero-order valence-corrected chi connectivity index (χ0v) is 14.2. The third-order valence-electron chi connectivity index (χ3n) is 3.98. The van der Waals surface area contributed by atoms with Crippen LogP contribution in [0.25, 0.3) is 22.3 Å². The normalized spacial score (nSPS) is 11.0. The van der Waals surface area contributed by atoms with Gasteiger partial charge in [-0.1, -0.05) is 38.1 Å². The summed E-state index contributed by atoms with van der Waals surface area (Å²) >= 11 is 0. The Morgan fingerprint density at radius 3 is 2.25 bits per heavy atom. The molecule has 0 N–H and O–H groups in total. The summed E-state index contributed by atoms with van der Waals surface area (Å²) in [6.07, 6.45) is 2.07. The summed E-state index contributed by atoms with van der Waals surface area (Å²) in [6.45, 7) is 6.16. The number of fused-ring (bicyclic) bond motifs is 1. The maximum atomic E-state index is 14.2. The van der Waals surface area contributed by atoms with Crippen LogP contribution in [0.2, 0.25) is 0 Å². The van der Waals surface area contributed by atoms with Crippen molar-refractivity contribution < 1.29 is 4.39 Å². The van der Waals surface area contributed by atoms with Crippen molar-refractivity contribution >= 4 is 16.7 Å². The van der Waals surface area contributed by atoms with Gasteiger partial charge in [0.1, 0.15) is 11.6 Å². The zero-order valence-electron chi connectivity index (χ0n) is 14.2. The molecule has 0 radical (unpaired) electrons. The fourth-order valence-corrected chi connectivity index (χ4v) is 2.93. The lowest BCUT2D eigenvalue weighted by molar-refractivity contribution is 0.630. The number of hydrogen-bond acceptors (Lipinski definition) is 3. The third-order valence-corrected chi connectivity index (χ3v) is 3.98. The highest BCUT2D eigenvalue weighted by Gasteiger charge is 2.16. The van der Waals surface area contributed by atoms with Crippen LogP contribution in [-0.4, -0.2) is 23.1 Å². The first kappa shape index (κ1) is 16.4. The summed E-state index contributed by atoms with van der Waals surface area (Å²) in [6, 6.07) is 14.6. The Hall–Kier alpha value is -2.49. The van der Waals surface area contributed by atoms with E-state index in [1.54, 1.807) is 12.1 Å². The van der Waals surface area contributed by atoms with Crippen LogP contribution in [0, 0.1) is 5.82 Å². The Labute approximate surface area is 142 Å². The van der Waals surface area contributed by atoms with E-state index in [2.05, 4.69) is 23.7 Å². The van der Waals surface area contributed by atoms with E-state index in [4.69, 9.17) is 4.98 Å². The molecule has 0 aliphatic rings. The van der Waals surface area contributed by atoms with E-state index < -0.39 is 0 Å². The lowest BCUT2D eigenvalue weighted by Gasteiger charge is -2.24. The highest BCUT2D eigenvalue weighted by Crippen LogP contribution is 2.28. The van der Waals surface area contributed by atoms with Gasteiger partial charge in [-0.05, 0) is 37.1 Å². The van der Waals surface area contributed by atoms with Crippen LogP contribution in [-0.2, 0) is 0 Å². The van der Waals surface area contributed by atoms with Crippen molar-refractivity contribution in [1.29, 1.82) is 0 Å². The highest BCUT2D eigenvalue weighted by atomic mass is 19.1. The molecule has 1 aromatic heterocycles. The number of aromatic nitrogens is 2. The van der Waals surface area contributed by atoms with E-state index in [0.717, 1.165) is 42.7 Å². The second kappa shape index (κ2) is 7.39. The predicted molar refractivity (Wildman–Crippen MR) is 97.7 cm³/mol. The molecule has 0 aliphatic carbocycles. The van der Waals surface area contributed by atoms with Gasteiger partial charge >= 0.3 is 0 Å². The smallest absolute Gasteiger partial charge is 0.165 e. The van der Waals surface area contributed by atoms with Crippen LogP contribution in [0.1, 0.15) is 26.7 Å². The van der Waals surface area contributed by atoms with Gasteiger partial charge in [-0.2, -0.15) is 0 Å². The molecule has 0 fully saturated rings. The van der Waals surface area contributed by atoms with Crippen molar-refractivity contribution in [3.63, 3.8) is 0 Å². The topological polar surface area (TPSA) is 29.0 Å². The first-order valence-electron chi connectivity index (χ1n) is 8.51. The molecule has 0 aliphatic heterocycles. The number of hydrogen-bond donors (Lipinski definition) is 0. The van der Waals surface area contributed by atoms with Crippen molar-refractivity contribution in [1.82, 2.24) is 9.97 Å². The van der Waals surface area contributed by atoms with Crippen LogP contribution in [0.5, 0.6) is 0 Å². The molecule has 1 heterocycles. The molecule has 0 saturated carbocycles. The molecule has 0 amide bonds. The average molecular weight is 323 g/mol. The lowest BCUT2D eigenvalue weighted by Crippen LogP contribution is -2.26. The minimum Gasteiger partial charge on any atom is -0.356 e. The molecule has 3 nitrogen and oxygen atoms in total. The minimum absolute atomic E-state index is 0.295. The molecule has 2 aromatic carbocycles. The van der Waals surface area contributed by atoms with Crippen LogP contribution in [0.3, 0.4) is 0 Å². The first-order chi connectivity index (χ1) is 11.7. The van der Waals surface area contributed by atoms with Gasteiger partial charge in [0, 0.05) is 18.5 Å². The fraction of sp³-hybridized carbons (Fsp3) is 0.300. The molecule has 3 rings (SSSR count). The Kier molecular flexibility index (Phi) is 5.04. The second-order valence-electron chi connectivity index (χ2n) is 5.85. The van der Waals surface area contributed by atoms with Crippen LogP contribution < -0.4 is 4.90 Å². The predicted octanol–water partition coefficient (Wildman–Crippen LogP) is 5.06. The number of benzene rings is 2. The summed E-state index contributed by atoms with van der Waals surface area (Å²) in [7, 11) is 0. The van der Waals surface area contributed by atoms with E-state index in [-0.39, 0.29) is 5.82 Å². The monoisotopic (exact) mass is 323 g/mol. The number of rotatable bonds is 6. The molecular weight excluding hydrogens is 301 g/mol. The van der Waals surface area contributed by atoms with E-state index in [0.29, 0.717) is 11.4 Å². The Morgan fingerprint density at radius 1 is 0.875 bits per heavy atom. The fourth-order valence-electron chi connectivity index (χ4n) is 2.93. The molecule has 24 heavy (non-hydrogen) atoms. The van der Waals surface area contributed by atoms with Gasteiger partial charge in [0.2, 0.25) is 0 Å². The van der Waals surface area contributed by atoms with Gasteiger partial charge in [-0.25, -0.2) is 14.4 Å². The number of para-hydroxylation sites is 1. The second-order valence-corrected chi connectivity index (χ2v) is 5.85. The van der Waals surface area contributed by atoms with Crippen LogP contribution >= 0.6 is 0 Å². The molecule has 0 spiro atoms. The Morgan fingerprint density at radius 2 is 1.54 bits per heavy atom. The standard InChI is InChI=1S/C20H22FN3/c1-3-13-24(14-4-2)20-16-10-6-8-12-18(16)22-19(23-20)15-9-5-7-11-17(15)21/h5-12H,3-4,13-14H2,1-2H3. The van der Waals surface area contributed by atoms with Gasteiger partial charge < -0.3 is 4.90 Å². The molecule has 0 bridgehead atoms. The summed E-state index contributed by atoms with van der Waals surface area (Å²) < 4.78 is 14.2. The largest absolute Gasteiger partial charge is 0.356 e. The lowest BCUT2D eigenvalue weighted by atomic mass is 10.1. The minimum atomic E-state index is -0.295. The Balaban J connectivity index is 2.21. The summed E-state index contributed by atoms with van der Waals surface area (Å²) in [5, 5.41) is 1.01. The van der Waals surface area contributed by atoms with Crippen molar-refractivity contribution in [2.45, 2.75) is 26.7 Å². The van der Waals surface area contributed by atoms with Gasteiger partial charge in [0.05, 0.1) is 11.1 Å². The summed E-state index contributed by atoms with van der Waals surface area (Å²) in [5.41, 5.74) is 1.29. The van der Waals surface area contributed by atoms with Crippen molar-refractivity contribution in [2.75, 3.05) is 18.0 Å². The van der Waals surface area contributed by atoms with E-state index in [9.17, 15) is 4.39 Å². The molecule has 4 heteroatoms. The SMILES string of the molecule is CCCN(CCC)c1nc(-c2ccccc2F)nc2ccccc12. The van der Waals surface area contributed by atoms with Crippen LogP contribution in [0.15, 0.2) is 48.5 Å². The highest BCUT2D eigenvalue weighted by molar-refractivity contribution is 5.91. The van der Waals surface area contributed by atoms with E-state index in [1.165, 1.54) is 6.07 Å². The van der Waals surface area contributed by atoms with Crippen molar-refractivity contribution in [3.8, 4) is 11.4 Å². The van der Waals surface area contributed by atoms with Crippen molar-refractivity contribution in [2.24, 2.45) is 0 Å². The molecule has 3 aromatic rings. The zero-order chi connectivity index (χ0) is 16.9. The number of anilines is 1. The molecular formula is C20H22FN3. The maximum absolute atomic E-state index is 14.2. The molecule has 0 atom stereocenters. The van der Waals surface area contributed by atoms with E-state index in [1.807, 2.05) is 30.3 Å².